The maximum absolute atomic E-state index is 11.0. The number of carbonyl (C=O) groups is 1. The highest BCUT2D eigenvalue weighted by atomic mass is 16.4. The Bertz CT molecular complexity index is 192. The third kappa shape index (κ3) is 2.02. The van der Waals surface area contributed by atoms with Gasteiger partial charge < -0.3 is 10.2 Å². The van der Waals surface area contributed by atoms with Crippen molar-refractivity contribution in [3.63, 3.8) is 0 Å². The zero-order valence-electron chi connectivity index (χ0n) is 8.29. The molecule has 0 aromatic rings. The molecule has 1 fully saturated rings. The van der Waals surface area contributed by atoms with Crippen LogP contribution in [0.25, 0.3) is 0 Å². The first kappa shape index (κ1) is 10.5. The Morgan fingerprint density at radius 1 is 1.31 bits per heavy atom. The molecule has 0 heterocycles. The van der Waals surface area contributed by atoms with Gasteiger partial charge in [-0.05, 0) is 18.8 Å². The summed E-state index contributed by atoms with van der Waals surface area (Å²) in [5.74, 6) is -1.46. The lowest BCUT2D eigenvalue weighted by molar-refractivity contribution is -0.155. The van der Waals surface area contributed by atoms with Crippen LogP contribution in [0.2, 0.25) is 0 Å². The number of aliphatic hydroxyl groups is 1. The van der Waals surface area contributed by atoms with Crippen LogP contribution < -0.4 is 0 Å². The Hall–Kier alpha value is -0.570. The van der Waals surface area contributed by atoms with Gasteiger partial charge in [0.2, 0.25) is 0 Å². The van der Waals surface area contributed by atoms with E-state index in [1.165, 1.54) is 0 Å². The maximum Gasteiger partial charge on any atom is 0.309 e. The van der Waals surface area contributed by atoms with Gasteiger partial charge >= 0.3 is 5.97 Å². The molecular formula is C10H18O3. The number of aliphatic carboxylic acids is 1. The van der Waals surface area contributed by atoms with E-state index in [0.29, 0.717) is 12.8 Å². The van der Waals surface area contributed by atoms with Crippen LogP contribution in [0.3, 0.4) is 0 Å². The molecule has 0 saturated heterocycles. The normalized spacial score (nSPS) is 23.4. The van der Waals surface area contributed by atoms with E-state index in [0.717, 1.165) is 12.8 Å². The van der Waals surface area contributed by atoms with Crippen molar-refractivity contribution in [3.05, 3.63) is 0 Å². The lowest BCUT2D eigenvalue weighted by Gasteiger charge is -2.32. The van der Waals surface area contributed by atoms with Crippen molar-refractivity contribution >= 4 is 5.97 Å². The predicted octanol–water partition coefficient (Wildman–Crippen LogP) is 1.65. The lowest BCUT2D eigenvalue weighted by atomic mass is 9.78. The Kier molecular flexibility index (Phi) is 2.96. The van der Waals surface area contributed by atoms with Crippen molar-refractivity contribution in [2.45, 2.75) is 45.1 Å². The van der Waals surface area contributed by atoms with Crippen LogP contribution in [0.5, 0.6) is 0 Å². The summed E-state index contributed by atoms with van der Waals surface area (Å²) in [5.41, 5.74) is -0.944. The Morgan fingerprint density at radius 3 is 2.08 bits per heavy atom. The maximum atomic E-state index is 11.0. The zero-order chi connectivity index (χ0) is 10.1. The molecule has 1 rings (SSSR count). The summed E-state index contributed by atoms with van der Waals surface area (Å²) in [6.07, 6.45) is 3.18. The fourth-order valence-corrected chi connectivity index (χ4v) is 2.43. The average molecular weight is 186 g/mol. The second-order valence-electron chi connectivity index (χ2n) is 4.37. The molecule has 0 spiro atoms. The van der Waals surface area contributed by atoms with Crippen molar-refractivity contribution in [2.75, 3.05) is 0 Å². The fourth-order valence-electron chi connectivity index (χ4n) is 2.43. The second-order valence-corrected chi connectivity index (χ2v) is 4.37. The van der Waals surface area contributed by atoms with E-state index in [2.05, 4.69) is 0 Å². The summed E-state index contributed by atoms with van der Waals surface area (Å²) in [4.78, 5) is 11.0. The van der Waals surface area contributed by atoms with Gasteiger partial charge in [-0.1, -0.05) is 26.7 Å². The quantitative estimate of drug-likeness (QED) is 0.704. The molecule has 13 heavy (non-hydrogen) atoms. The molecular weight excluding hydrogens is 168 g/mol. The van der Waals surface area contributed by atoms with Gasteiger partial charge in [-0.2, -0.15) is 0 Å². The topological polar surface area (TPSA) is 57.5 Å². The van der Waals surface area contributed by atoms with Crippen LogP contribution in [0.15, 0.2) is 0 Å². The van der Waals surface area contributed by atoms with Crippen molar-refractivity contribution in [3.8, 4) is 0 Å². The summed E-state index contributed by atoms with van der Waals surface area (Å²) in [6, 6.07) is 0. The Balaban J connectivity index is 2.79. The predicted molar refractivity (Wildman–Crippen MR) is 49.4 cm³/mol. The van der Waals surface area contributed by atoms with E-state index in [4.69, 9.17) is 5.11 Å². The molecule has 0 radical (unpaired) electrons. The molecule has 1 saturated carbocycles. The second kappa shape index (κ2) is 3.66. The molecule has 0 aromatic carbocycles. The molecule has 0 bridgehead atoms. The first-order valence-electron chi connectivity index (χ1n) is 4.92. The molecule has 1 unspecified atom stereocenters. The van der Waals surface area contributed by atoms with Crippen molar-refractivity contribution in [1.29, 1.82) is 0 Å². The molecule has 3 nitrogen and oxygen atoms in total. The number of carboxylic acid groups (broad SMARTS) is 1. The average Bonchev–Trinajstić information content (AvgIpc) is 2.33. The van der Waals surface area contributed by atoms with Crippen LogP contribution in [-0.2, 0) is 4.79 Å². The highest BCUT2D eigenvalue weighted by Crippen LogP contribution is 2.39. The molecule has 0 amide bonds. The molecule has 2 N–H and O–H groups in total. The number of hydrogen-bond acceptors (Lipinski definition) is 2. The molecule has 0 aliphatic heterocycles. The van der Waals surface area contributed by atoms with Crippen LogP contribution >= 0.6 is 0 Å². The largest absolute Gasteiger partial charge is 0.481 e. The van der Waals surface area contributed by atoms with Crippen LogP contribution in [0, 0.1) is 11.8 Å². The van der Waals surface area contributed by atoms with Gasteiger partial charge in [-0.15, -0.1) is 0 Å². The summed E-state index contributed by atoms with van der Waals surface area (Å²) in [7, 11) is 0. The van der Waals surface area contributed by atoms with Crippen LogP contribution in [0.1, 0.15) is 39.5 Å². The van der Waals surface area contributed by atoms with Gasteiger partial charge in [-0.3, -0.25) is 4.79 Å². The monoisotopic (exact) mass is 186 g/mol. The number of rotatable bonds is 3. The number of carboxylic acids is 1. The van der Waals surface area contributed by atoms with Gasteiger partial charge in [-0.25, -0.2) is 0 Å². The molecule has 1 atom stereocenters. The Morgan fingerprint density at radius 2 is 1.77 bits per heavy atom. The first-order chi connectivity index (χ1) is 5.97. The lowest BCUT2D eigenvalue weighted by Crippen LogP contribution is -2.43. The SMILES string of the molecule is CC(C)C(C(=O)O)C1(O)CCCC1. The van der Waals surface area contributed by atoms with Crippen LogP contribution in [-0.4, -0.2) is 21.8 Å². The first-order valence-corrected chi connectivity index (χ1v) is 4.92. The van der Waals surface area contributed by atoms with Gasteiger partial charge in [0.25, 0.3) is 0 Å². The third-order valence-corrected chi connectivity index (χ3v) is 2.98. The van der Waals surface area contributed by atoms with Gasteiger partial charge in [0.05, 0.1) is 11.5 Å². The molecule has 1 aliphatic carbocycles. The highest BCUT2D eigenvalue weighted by molar-refractivity contribution is 5.72. The van der Waals surface area contributed by atoms with E-state index in [1.807, 2.05) is 13.8 Å². The summed E-state index contributed by atoms with van der Waals surface area (Å²) >= 11 is 0. The number of hydrogen-bond donors (Lipinski definition) is 2. The molecule has 0 aromatic heterocycles. The minimum atomic E-state index is -0.944. The van der Waals surface area contributed by atoms with Crippen molar-refractivity contribution in [2.24, 2.45) is 11.8 Å². The molecule has 1 aliphatic rings. The standard InChI is InChI=1S/C10H18O3/c1-7(2)8(9(11)12)10(13)5-3-4-6-10/h7-8,13H,3-6H2,1-2H3,(H,11,12). The smallest absolute Gasteiger partial charge is 0.309 e. The minimum absolute atomic E-state index is 0.000556. The summed E-state index contributed by atoms with van der Waals surface area (Å²) < 4.78 is 0. The van der Waals surface area contributed by atoms with E-state index < -0.39 is 17.5 Å². The Labute approximate surface area is 78.8 Å². The van der Waals surface area contributed by atoms with Gasteiger partial charge in [0.15, 0.2) is 0 Å². The third-order valence-electron chi connectivity index (χ3n) is 2.98. The summed E-state index contributed by atoms with van der Waals surface area (Å²) in [5, 5.41) is 19.1. The summed E-state index contributed by atoms with van der Waals surface area (Å²) in [6.45, 7) is 3.71. The van der Waals surface area contributed by atoms with Gasteiger partial charge in [0, 0.05) is 0 Å². The van der Waals surface area contributed by atoms with E-state index in [-0.39, 0.29) is 5.92 Å². The van der Waals surface area contributed by atoms with E-state index >= 15 is 0 Å². The van der Waals surface area contributed by atoms with Crippen molar-refractivity contribution < 1.29 is 15.0 Å². The van der Waals surface area contributed by atoms with E-state index in [9.17, 15) is 9.90 Å². The van der Waals surface area contributed by atoms with E-state index in [1.54, 1.807) is 0 Å². The molecule has 76 valence electrons. The fraction of sp³-hybridized carbons (Fsp3) is 0.900. The highest BCUT2D eigenvalue weighted by Gasteiger charge is 2.44. The van der Waals surface area contributed by atoms with Gasteiger partial charge in [0.1, 0.15) is 0 Å². The molecule has 3 heteroatoms. The zero-order valence-corrected chi connectivity index (χ0v) is 8.29. The van der Waals surface area contributed by atoms with Crippen molar-refractivity contribution in [1.82, 2.24) is 0 Å². The van der Waals surface area contributed by atoms with Crippen LogP contribution in [0.4, 0.5) is 0 Å². The minimum Gasteiger partial charge on any atom is -0.481 e.